The summed E-state index contributed by atoms with van der Waals surface area (Å²) in [5.74, 6) is 0.763. The number of aromatic nitrogens is 2. The molecule has 0 saturated carbocycles. The van der Waals surface area contributed by atoms with Gasteiger partial charge in [-0.25, -0.2) is 8.42 Å². The maximum Gasteiger partial charge on any atom is 0.246 e. The van der Waals surface area contributed by atoms with Gasteiger partial charge in [0.05, 0.1) is 12.9 Å². The highest BCUT2D eigenvalue weighted by atomic mass is 32.2. The molecule has 0 radical (unpaired) electrons. The molecule has 112 valence electrons. The van der Waals surface area contributed by atoms with Gasteiger partial charge in [-0.3, -0.25) is 0 Å². The van der Waals surface area contributed by atoms with Crippen molar-refractivity contribution in [1.82, 2.24) is 14.5 Å². The van der Waals surface area contributed by atoms with E-state index in [0.29, 0.717) is 24.9 Å². The third-order valence-corrected chi connectivity index (χ3v) is 4.33. The lowest BCUT2D eigenvalue weighted by molar-refractivity contribution is -0.0173. The maximum atomic E-state index is 11.6. The summed E-state index contributed by atoms with van der Waals surface area (Å²) in [6.07, 6.45) is 3.55. The molecule has 8 heteroatoms. The van der Waals surface area contributed by atoms with Crippen molar-refractivity contribution >= 4 is 15.6 Å². The predicted molar refractivity (Wildman–Crippen MR) is 73.3 cm³/mol. The average Bonchev–Trinajstić information content (AvgIpc) is 2.88. The first-order chi connectivity index (χ1) is 9.41. The summed E-state index contributed by atoms with van der Waals surface area (Å²) in [6.45, 7) is 4.79. The molecule has 0 spiro atoms. The van der Waals surface area contributed by atoms with Crippen LogP contribution in [-0.2, 0) is 14.8 Å². The minimum Gasteiger partial charge on any atom is -0.418 e. The Morgan fingerprint density at radius 2 is 2.25 bits per heavy atom. The molecule has 0 amide bonds. The van der Waals surface area contributed by atoms with Gasteiger partial charge >= 0.3 is 0 Å². The van der Waals surface area contributed by atoms with E-state index >= 15 is 0 Å². The molecule has 2 rings (SSSR count). The van der Waals surface area contributed by atoms with Crippen LogP contribution in [0.25, 0.3) is 5.57 Å². The molecular formula is C12H19N3O4S. The highest BCUT2D eigenvalue weighted by Gasteiger charge is 2.30. The van der Waals surface area contributed by atoms with Crippen LogP contribution >= 0.6 is 0 Å². The Morgan fingerprint density at radius 1 is 1.50 bits per heavy atom. The SMILES string of the molecule is CC/C=C(\C)c1nnc(C2CN(S(C)(=O)=O)CCO2)o1. The molecule has 1 aliphatic heterocycles. The van der Waals surface area contributed by atoms with Crippen LogP contribution in [-0.4, -0.2) is 48.9 Å². The minimum absolute atomic E-state index is 0.205. The summed E-state index contributed by atoms with van der Waals surface area (Å²) in [5.41, 5.74) is 0.905. The zero-order valence-corrected chi connectivity index (χ0v) is 12.7. The number of sulfonamides is 1. The first kappa shape index (κ1) is 15.1. The Hall–Kier alpha value is -1.25. The van der Waals surface area contributed by atoms with E-state index in [1.165, 1.54) is 10.6 Å². The predicted octanol–water partition coefficient (Wildman–Crippen LogP) is 1.22. The van der Waals surface area contributed by atoms with Crippen LogP contribution in [0, 0.1) is 0 Å². The van der Waals surface area contributed by atoms with Crippen molar-refractivity contribution in [3.63, 3.8) is 0 Å². The summed E-state index contributed by atoms with van der Waals surface area (Å²) in [4.78, 5) is 0. The average molecular weight is 301 g/mol. The molecule has 0 aromatic carbocycles. The van der Waals surface area contributed by atoms with Gasteiger partial charge in [0, 0.05) is 18.7 Å². The molecule has 7 nitrogen and oxygen atoms in total. The molecule has 2 heterocycles. The fraction of sp³-hybridized carbons (Fsp3) is 0.667. The summed E-state index contributed by atoms with van der Waals surface area (Å²) in [5, 5.41) is 7.92. The Morgan fingerprint density at radius 3 is 2.90 bits per heavy atom. The van der Waals surface area contributed by atoms with E-state index in [1.807, 2.05) is 19.9 Å². The minimum atomic E-state index is -3.23. The van der Waals surface area contributed by atoms with Crippen molar-refractivity contribution in [2.45, 2.75) is 26.4 Å². The van der Waals surface area contributed by atoms with Crippen LogP contribution in [0.1, 0.15) is 38.2 Å². The second-order valence-electron chi connectivity index (χ2n) is 4.72. The molecule has 1 fully saturated rings. The molecule has 1 aliphatic rings. The Balaban J connectivity index is 2.14. The lowest BCUT2D eigenvalue weighted by Gasteiger charge is -2.29. The molecule has 0 aliphatic carbocycles. The van der Waals surface area contributed by atoms with Crippen LogP contribution in [0.4, 0.5) is 0 Å². The second kappa shape index (κ2) is 6.02. The fourth-order valence-electron chi connectivity index (χ4n) is 1.99. The smallest absolute Gasteiger partial charge is 0.246 e. The third-order valence-electron chi connectivity index (χ3n) is 3.06. The first-order valence-electron chi connectivity index (χ1n) is 6.49. The highest BCUT2D eigenvalue weighted by molar-refractivity contribution is 7.88. The molecule has 1 aromatic heterocycles. The van der Waals surface area contributed by atoms with Gasteiger partial charge in [0.15, 0.2) is 0 Å². The standard InChI is InChI=1S/C12H19N3O4S/c1-4-5-9(2)11-13-14-12(19-11)10-8-15(6-7-18-10)20(3,16)17/h5,10H,4,6-8H2,1-3H3/b9-5+. The second-order valence-corrected chi connectivity index (χ2v) is 6.70. The van der Waals surface area contributed by atoms with Crippen LogP contribution in [0.15, 0.2) is 10.5 Å². The zero-order chi connectivity index (χ0) is 14.8. The van der Waals surface area contributed by atoms with Gasteiger partial charge in [-0.15, -0.1) is 10.2 Å². The normalized spacial score (nSPS) is 22.1. The molecule has 1 aromatic rings. The highest BCUT2D eigenvalue weighted by Crippen LogP contribution is 2.24. The van der Waals surface area contributed by atoms with Crippen molar-refractivity contribution in [3.8, 4) is 0 Å². The van der Waals surface area contributed by atoms with Gasteiger partial charge in [-0.1, -0.05) is 13.0 Å². The summed E-state index contributed by atoms with van der Waals surface area (Å²) < 4.78 is 35.6. The van der Waals surface area contributed by atoms with E-state index in [1.54, 1.807) is 0 Å². The molecule has 0 N–H and O–H groups in total. The Labute approximate surface area is 118 Å². The van der Waals surface area contributed by atoms with Crippen LogP contribution < -0.4 is 0 Å². The largest absolute Gasteiger partial charge is 0.418 e. The van der Waals surface area contributed by atoms with E-state index in [9.17, 15) is 8.42 Å². The van der Waals surface area contributed by atoms with E-state index in [4.69, 9.17) is 9.15 Å². The summed E-state index contributed by atoms with van der Waals surface area (Å²) >= 11 is 0. The van der Waals surface area contributed by atoms with Crippen molar-refractivity contribution in [2.75, 3.05) is 26.0 Å². The molecule has 20 heavy (non-hydrogen) atoms. The molecular weight excluding hydrogens is 282 g/mol. The van der Waals surface area contributed by atoms with Crippen molar-refractivity contribution in [3.05, 3.63) is 17.9 Å². The van der Waals surface area contributed by atoms with Crippen molar-refractivity contribution < 1.29 is 17.6 Å². The van der Waals surface area contributed by atoms with Gasteiger partial charge in [0.25, 0.3) is 0 Å². The number of rotatable bonds is 4. The van der Waals surface area contributed by atoms with Gasteiger partial charge in [0.2, 0.25) is 21.8 Å². The van der Waals surface area contributed by atoms with Gasteiger partial charge in [0.1, 0.15) is 6.10 Å². The van der Waals surface area contributed by atoms with Gasteiger partial charge in [-0.2, -0.15) is 4.31 Å². The number of allylic oxidation sites excluding steroid dienone is 2. The van der Waals surface area contributed by atoms with Crippen LogP contribution in [0.2, 0.25) is 0 Å². The van der Waals surface area contributed by atoms with Crippen molar-refractivity contribution in [2.24, 2.45) is 0 Å². The van der Waals surface area contributed by atoms with Crippen LogP contribution in [0.5, 0.6) is 0 Å². The number of ether oxygens (including phenoxy) is 1. The molecule has 1 atom stereocenters. The van der Waals surface area contributed by atoms with E-state index in [-0.39, 0.29) is 6.54 Å². The summed E-state index contributed by atoms with van der Waals surface area (Å²) in [6, 6.07) is 0. The number of morpholine rings is 1. The number of hydrogen-bond donors (Lipinski definition) is 0. The zero-order valence-electron chi connectivity index (χ0n) is 11.9. The topological polar surface area (TPSA) is 85.5 Å². The molecule has 1 saturated heterocycles. The monoisotopic (exact) mass is 301 g/mol. The number of hydrogen-bond acceptors (Lipinski definition) is 6. The van der Waals surface area contributed by atoms with E-state index in [0.717, 1.165) is 12.0 Å². The third kappa shape index (κ3) is 3.44. The van der Waals surface area contributed by atoms with Crippen LogP contribution in [0.3, 0.4) is 0 Å². The van der Waals surface area contributed by atoms with E-state index < -0.39 is 16.1 Å². The van der Waals surface area contributed by atoms with Gasteiger partial charge < -0.3 is 9.15 Å². The molecule has 0 bridgehead atoms. The number of nitrogens with zero attached hydrogens (tertiary/aromatic N) is 3. The summed E-state index contributed by atoms with van der Waals surface area (Å²) in [7, 11) is -3.23. The lowest BCUT2D eigenvalue weighted by atomic mass is 10.2. The fourth-order valence-corrected chi connectivity index (χ4v) is 2.81. The maximum absolute atomic E-state index is 11.6. The first-order valence-corrected chi connectivity index (χ1v) is 8.34. The van der Waals surface area contributed by atoms with E-state index in [2.05, 4.69) is 10.2 Å². The Kier molecular flexibility index (Phi) is 4.56. The lowest BCUT2D eigenvalue weighted by Crippen LogP contribution is -2.41. The molecule has 1 unspecified atom stereocenters. The van der Waals surface area contributed by atoms with Crippen molar-refractivity contribution in [1.29, 1.82) is 0 Å². The quantitative estimate of drug-likeness (QED) is 0.831. The Bertz CT molecular complexity index is 594. The van der Waals surface area contributed by atoms with Gasteiger partial charge in [-0.05, 0) is 13.3 Å².